The van der Waals surface area contributed by atoms with Gasteiger partial charge in [0.25, 0.3) is 11.8 Å². The average molecular weight is 292 g/mol. The molecule has 2 amide bonds. The Morgan fingerprint density at radius 1 is 1.05 bits per heavy atom. The number of benzene rings is 1. The number of hydrogen-bond donors (Lipinski definition) is 0. The average Bonchev–Trinajstić information content (AvgIpc) is 2.81. The standard InChI is InChI=1S/C18H16N2O2/c21-17-14-8-1-2-9-15(14)18(22)20(17)11-13-6-3-5-12-7-4-10-19-16(12)13/h1-2,4,7-10,13H,3,5-6,11H2. The predicted octanol–water partition coefficient (Wildman–Crippen LogP) is 2.80. The van der Waals surface area contributed by atoms with Crippen molar-refractivity contribution in [1.29, 1.82) is 0 Å². The zero-order valence-electron chi connectivity index (χ0n) is 12.2. The van der Waals surface area contributed by atoms with Crippen molar-refractivity contribution in [2.45, 2.75) is 25.2 Å². The summed E-state index contributed by atoms with van der Waals surface area (Å²) < 4.78 is 0. The van der Waals surface area contributed by atoms with Crippen LogP contribution in [0, 0.1) is 0 Å². The summed E-state index contributed by atoms with van der Waals surface area (Å²) in [7, 11) is 0. The fourth-order valence-electron chi connectivity index (χ4n) is 3.51. The van der Waals surface area contributed by atoms with Crippen LogP contribution in [-0.2, 0) is 6.42 Å². The second kappa shape index (κ2) is 5.05. The zero-order valence-corrected chi connectivity index (χ0v) is 12.2. The third-order valence-electron chi connectivity index (χ3n) is 4.59. The van der Waals surface area contributed by atoms with Crippen LogP contribution in [0.1, 0.15) is 50.7 Å². The predicted molar refractivity (Wildman–Crippen MR) is 81.7 cm³/mol. The van der Waals surface area contributed by atoms with Gasteiger partial charge in [-0.05, 0) is 43.0 Å². The highest BCUT2D eigenvalue weighted by molar-refractivity contribution is 6.21. The first-order valence-corrected chi connectivity index (χ1v) is 7.64. The summed E-state index contributed by atoms with van der Waals surface area (Å²) in [5, 5.41) is 0. The van der Waals surface area contributed by atoms with Gasteiger partial charge in [-0.25, -0.2) is 0 Å². The Morgan fingerprint density at radius 2 is 1.77 bits per heavy atom. The fraction of sp³-hybridized carbons (Fsp3) is 0.278. The topological polar surface area (TPSA) is 50.3 Å². The van der Waals surface area contributed by atoms with Crippen LogP contribution < -0.4 is 0 Å². The maximum Gasteiger partial charge on any atom is 0.261 e. The Hall–Kier alpha value is -2.49. The second-order valence-corrected chi connectivity index (χ2v) is 5.90. The lowest BCUT2D eigenvalue weighted by atomic mass is 9.86. The summed E-state index contributed by atoms with van der Waals surface area (Å²) in [5.74, 6) is -0.209. The molecule has 1 atom stereocenters. The quantitative estimate of drug-likeness (QED) is 0.800. The van der Waals surface area contributed by atoms with Crippen LogP contribution in [0.25, 0.3) is 0 Å². The molecule has 4 rings (SSSR count). The van der Waals surface area contributed by atoms with E-state index in [1.165, 1.54) is 10.5 Å². The summed E-state index contributed by atoms with van der Waals surface area (Å²) in [4.78, 5) is 30.8. The number of amides is 2. The number of imide groups is 1. The Kier molecular flexibility index (Phi) is 3.03. The number of carbonyl (C=O) groups is 2. The Balaban J connectivity index is 1.64. The number of fused-ring (bicyclic) bond motifs is 2. The smallest absolute Gasteiger partial charge is 0.261 e. The summed E-state index contributed by atoms with van der Waals surface area (Å²) in [6, 6.07) is 11.1. The van der Waals surface area contributed by atoms with Crippen molar-refractivity contribution in [2.75, 3.05) is 6.54 Å². The third kappa shape index (κ3) is 1.95. The van der Waals surface area contributed by atoms with Gasteiger partial charge in [0, 0.05) is 24.4 Å². The van der Waals surface area contributed by atoms with Gasteiger partial charge in [0.2, 0.25) is 0 Å². The number of aromatic nitrogens is 1. The molecular formula is C18H16N2O2. The maximum absolute atomic E-state index is 12.5. The van der Waals surface area contributed by atoms with Crippen LogP contribution in [0.4, 0.5) is 0 Å². The number of nitrogens with zero attached hydrogens (tertiary/aromatic N) is 2. The highest BCUT2D eigenvalue weighted by Crippen LogP contribution is 2.32. The molecule has 1 aliphatic heterocycles. The number of hydrogen-bond acceptors (Lipinski definition) is 3. The van der Waals surface area contributed by atoms with Crippen molar-refractivity contribution in [3.63, 3.8) is 0 Å². The van der Waals surface area contributed by atoms with E-state index in [0.29, 0.717) is 17.7 Å². The Morgan fingerprint density at radius 3 is 2.50 bits per heavy atom. The van der Waals surface area contributed by atoms with Gasteiger partial charge in [-0.3, -0.25) is 19.5 Å². The molecule has 0 N–H and O–H groups in total. The van der Waals surface area contributed by atoms with Crippen LogP contribution in [0.3, 0.4) is 0 Å². The van der Waals surface area contributed by atoms with Crippen LogP contribution in [0.15, 0.2) is 42.6 Å². The van der Waals surface area contributed by atoms with Crippen molar-refractivity contribution >= 4 is 11.8 Å². The van der Waals surface area contributed by atoms with Crippen LogP contribution in [-0.4, -0.2) is 28.2 Å². The molecule has 2 heterocycles. The first kappa shape index (κ1) is 13.2. The molecule has 0 saturated carbocycles. The van der Waals surface area contributed by atoms with E-state index in [9.17, 15) is 9.59 Å². The molecule has 1 unspecified atom stereocenters. The SMILES string of the molecule is O=C1c2ccccc2C(=O)N1CC1CCCc2cccnc21. The molecule has 0 radical (unpaired) electrons. The van der Waals surface area contributed by atoms with E-state index in [4.69, 9.17) is 0 Å². The molecule has 110 valence electrons. The zero-order chi connectivity index (χ0) is 15.1. The Labute approximate surface area is 128 Å². The van der Waals surface area contributed by atoms with E-state index >= 15 is 0 Å². The van der Waals surface area contributed by atoms with E-state index < -0.39 is 0 Å². The van der Waals surface area contributed by atoms with Crippen molar-refractivity contribution in [3.05, 3.63) is 65.0 Å². The Bertz CT molecular complexity index is 734. The lowest BCUT2D eigenvalue weighted by Crippen LogP contribution is -2.35. The van der Waals surface area contributed by atoms with Gasteiger partial charge in [0.15, 0.2) is 0 Å². The molecule has 0 fully saturated rings. The first-order valence-electron chi connectivity index (χ1n) is 7.64. The van der Waals surface area contributed by atoms with Gasteiger partial charge >= 0.3 is 0 Å². The van der Waals surface area contributed by atoms with Gasteiger partial charge in [0.05, 0.1) is 11.1 Å². The molecule has 0 saturated heterocycles. The van der Waals surface area contributed by atoms with E-state index in [0.717, 1.165) is 25.0 Å². The van der Waals surface area contributed by atoms with Crippen LogP contribution in [0.2, 0.25) is 0 Å². The normalized spacial score (nSPS) is 20.0. The van der Waals surface area contributed by atoms with Gasteiger partial charge in [-0.1, -0.05) is 18.2 Å². The molecule has 4 nitrogen and oxygen atoms in total. The van der Waals surface area contributed by atoms with Crippen molar-refractivity contribution < 1.29 is 9.59 Å². The van der Waals surface area contributed by atoms with E-state index in [1.807, 2.05) is 6.07 Å². The highest BCUT2D eigenvalue weighted by Gasteiger charge is 2.37. The lowest BCUT2D eigenvalue weighted by Gasteiger charge is -2.27. The number of rotatable bonds is 2. The molecule has 1 aliphatic carbocycles. The van der Waals surface area contributed by atoms with Crippen molar-refractivity contribution in [2.24, 2.45) is 0 Å². The fourth-order valence-corrected chi connectivity index (χ4v) is 3.51. The summed E-state index contributed by atoms with van der Waals surface area (Å²) in [5.41, 5.74) is 3.33. The molecule has 0 bridgehead atoms. The summed E-state index contributed by atoms with van der Waals surface area (Å²) in [6.07, 6.45) is 4.87. The minimum absolute atomic E-state index is 0.146. The second-order valence-electron chi connectivity index (χ2n) is 5.90. The van der Waals surface area contributed by atoms with Gasteiger partial charge in [-0.15, -0.1) is 0 Å². The molecule has 1 aromatic heterocycles. The van der Waals surface area contributed by atoms with Crippen LogP contribution >= 0.6 is 0 Å². The monoisotopic (exact) mass is 292 g/mol. The first-order chi connectivity index (χ1) is 10.8. The van der Waals surface area contributed by atoms with Crippen molar-refractivity contribution in [3.8, 4) is 0 Å². The van der Waals surface area contributed by atoms with Crippen LogP contribution in [0.5, 0.6) is 0 Å². The molecule has 2 aromatic rings. The van der Waals surface area contributed by atoms with E-state index in [1.54, 1.807) is 30.5 Å². The minimum Gasteiger partial charge on any atom is -0.274 e. The molecule has 1 aromatic carbocycles. The van der Waals surface area contributed by atoms with Gasteiger partial charge in [0.1, 0.15) is 0 Å². The van der Waals surface area contributed by atoms with E-state index in [2.05, 4.69) is 11.1 Å². The molecular weight excluding hydrogens is 276 g/mol. The van der Waals surface area contributed by atoms with Gasteiger partial charge in [-0.2, -0.15) is 0 Å². The highest BCUT2D eigenvalue weighted by atomic mass is 16.2. The number of pyridine rings is 1. The summed E-state index contributed by atoms with van der Waals surface area (Å²) in [6.45, 7) is 0.427. The summed E-state index contributed by atoms with van der Waals surface area (Å²) >= 11 is 0. The molecule has 4 heteroatoms. The number of carbonyl (C=O) groups excluding carboxylic acids is 2. The molecule has 22 heavy (non-hydrogen) atoms. The third-order valence-corrected chi connectivity index (χ3v) is 4.59. The van der Waals surface area contributed by atoms with E-state index in [-0.39, 0.29) is 17.7 Å². The van der Waals surface area contributed by atoms with Gasteiger partial charge < -0.3 is 0 Å². The van der Waals surface area contributed by atoms with Crippen molar-refractivity contribution in [1.82, 2.24) is 9.88 Å². The molecule has 0 spiro atoms. The minimum atomic E-state index is -0.177. The maximum atomic E-state index is 12.5. The molecule has 2 aliphatic rings. The number of aryl methyl sites for hydroxylation is 1. The largest absolute Gasteiger partial charge is 0.274 e. The lowest BCUT2D eigenvalue weighted by molar-refractivity contribution is 0.0640.